The number of carbonyl (C=O) groups is 2. The summed E-state index contributed by atoms with van der Waals surface area (Å²) in [5.41, 5.74) is 0.539. The number of ether oxygens (including phenoxy) is 4. The smallest absolute Gasteiger partial charge is 0.310 e. The lowest BCUT2D eigenvalue weighted by Gasteiger charge is -2.71. The molecule has 8 rings (SSSR count). The van der Waals surface area contributed by atoms with Crippen molar-refractivity contribution in [1.82, 2.24) is 5.32 Å². The molecule has 0 radical (unpaired) electrons. The maximum atomic E-state index is 13.9. The van der Waals surface area contributed by atoms with Gasteiger partial charge in [-0.05, 0) is 133 Å². The summed E-state index contributed by atoms with van der Waals surface area (Å²) in [7, 11) is 0. The Morgan fingerprint density at radius 1 is 0.875 bits per heavy atom. The van der Waals surface area contributed by atoms with Gasteiger partial charge in [-0.3, -0.25) is 9.59 Å². The van der Waals surface area contributed by atoms with Gasteiger partial charge in [0.1, 0.15) is 48.5 Å². The van der Waals surface area contributed by atoms with Crippen LogP contribution in [0.25, 0.3) is 6.08 Å². The largest absolute Gasteiger partial charge is 0.481 e. The highest BCUT2D eigenvalue weighted by Gasteiger charge is 2.69. The average molecular weight is 898 g/mol. The number of aliphatic hydroxyl groups excluding tert-OH is 5. The van der Waals surface area contributed by atoms with Crippen LogP contribution in [0.5, 0.6) is 0 Å². The SMILES string of the molecule is CC1(C)CC[C@]2(C(=O)O)CC[C@]3(C)C(=CC[C@@H]4[C@@]5(C)CC[C@H](O[C@@H]6O[C@H](CO[C@@H]7OC[C@H](O)[C@H](O)[C@H]7O)[C@@H](O)[C@H](O)[C@H]6NC(=O)/C=C/c6cccc(F)c6)C(C)(C)[C@@H]5CC[C@]43C)[C@@H]2C1. The third-order valence-corrected chi connectivity index (χ3v) is 18.5. The maximum Gasteiger partial charge on any atom is 0.310 e. The van der Waals surface area contributed by atoms with E-state index in [0.29, 0.717) is 24.3 Å². The minimum absolute atomic E-state index is 0.0278. The molecule has 1 aromatic rings. The summed E-state index contributed by atoms with van der Waals surface area (Å²) < 4.78 is 38.4. The fourth-order valence-corrected chi connectivity index (χ4v) is 14.5. The van der Waals surface area contributed by atoms with Gasteiger partial charge in [-0.1, -0.05) is 72.2 Å². The van der Waals surface area contributed by atoms with Gasteiger partial charge in [-0.15, -0.1) is 0 Å². The Hall–Kier alpha value is -2.79. The van der Waals surface area contributed by atoms with Crippen LogP contribution in [0, 0.1) is 56.1 Å². The lowest BCUT2D eigenvalue weighted by Crippen LogP contribution is -2.67. The van der Waals surface area contributed by atoms with Crippen molar-refractivity contribution in [1.29, 1.82) is 0 Å². The third kappa shape index (κ3) is 7.91. The molecule has 7 N–H and O–H groups in total. The highest BCUT2D eigenvalue weighted by molar-refractivity contribution is 5.92. The Labute approximate surface area is 376 Å². The van der Waals surface area contributed by atoms with E-state index in [1.54, 1.807) is 6.07 Å². The topological polar surface area (TPSA) is 204 Å². The number of rotatable bonds is 9. The summed E-state index contributed by atoms with van der Waals surface area (Å²) >= 11 is 0. The summed E-state index contributed by atoms with van der Waals surface area (Å²) in [6.07, 6.45) is 1.74. The molecule has 2 heterocycles. The van der Waals surface area contributed by atoms with Gasteiger partial charge in [0.25, 0.3) is 0 Å². The second kappa shape index (κ2) is 17.1. The summed E-state index contributed by atoms with van der Waals surface area (Å²) in [5.74, 6) is -1.13. The molecule has 6 fully saturated rings. The molecule has 0 spiro atoms. The summed E-state index contributed by atoms with van der Waals surface area (Å²) in [6, 6.07) is 4.51. The first-order chi connectivity index (χ1) is 30.0. The minimum Gasteiger partial charge on any atom is -0.481 e. The molecule has 17 atom stereocenters. The zero-order chi connectivity index (χ0) is 46.4. The first kappa shape index (κ1) is 47.7. The second-order valence-corrected chi connectivity index (χ2v) is 22.7. The monoisotopic (exact) mass is 898 g/mol. The van der Waals surface area contributed by atoms with Crippen molar-refractivity contribution < 1.29 is 63.6 Å². The van der Waals surface area contributed by atoms with E-state index in [4.69, 9.17) is 18.9 Å². The van der Waals surface area contributed by atoms with Gasteiger partial charge in [0.05, 0.1) is 24.7 Å². The number of halogens is 1. The molecule has 0 bridgehead atoms. The van der Waals surface area contributed by atoms with Crippen LogP contribution in [-0.4, -0.2) is 117 Å². The minimum atomic E-state index is -1.59. The number of carboxylic acids is 1. The van der Waals surface area contributed by atoms with Gasteiger partial charge < -0.3 is 54.9 Å². The first-order valence-electron chi connectivity index (χ1n) is 23.6. The second-order valence-electron chi connectivity index (χ2n) is 22.7. The van der Waals surface area contributed by atoms with Gasteiger partial charge in [-0.2, -0.15) is 0 Å². The lowest BCUT2D eigenvalue weighted by atomic mass is 9.33. The van der Waals surface area contributed by atoms with Gasteiger partial charge in [0.15, 0.2) is 12.6 Å². The third-order valence-electron chi connectivity index (χ3n) is 18.5. The Bertz CT molecular complexity index is 1990. The van der Waals surface area contributed by atoms with Crippen molar-refractivity contribution in [2.24, 2.45) is 50.2 Å². The number of aliphatic carboxylic acids is 1. The zero-order valence-corrected chi connectivity index (χ0v) is 38.5. The molecule has 5 aliphatic carbocycles. The molecule has 0 aromatic heterocycles. The Balaban J connectivity index is 1.04. The number of fused-ring (bicyclic) bond motifs is 7. The number of amides is 1. The highest BCUT2D eigenvalue weighted by Crippen LogP contribution is 2.76. The van der Waals surface area contributed by atoms with E-state index >= 15 is 0 Å². The average Bonchev–Trinajstić information content (AvgIpc) is 3.22. The van der Waals surface area contributed by atoms with Crippen molar-refractivity contribution in [3.05, 3.63) is 53.4 Å². The Morgan fingerprint density at radius 2 is 1.61 bits per heavy atom. The number of carbonyl (C=O) groups excluding carboxylic acids is 1. The summed E-state index contributed by atoms with van der Waals surface area (Å²) in [4.78, 5) is 26.6. The number of aliphatic hydroxyl groups is 5. The van der Waals surface area contributed by atoms with E-state index in [1.807, 2.05) is 0 Å². The van der Waals surface area contributed by atoms with Crippen molar-refractivity contribution in [2.75, 3.05) is 13.2 Å². The summed E-state index contributed by atoms with van der Waals surface area (Å²) in [5, 5.41) is 67.3. The Morgan fingerprint density at radius 3 is 2.33 bits per heavy atom. The molecule has 4 saturated carbocycles. The van der Waals surface area contributed by atoms with Gasteiger partial charge in [0.2, 0.25) is 5.91 Å². The number of nitrogens with one attached hydrogen (secondary N) is 1. The number of benzene rings is 1. The van der Waals surface area contributed by atoms with E-state index < -0.39 is 96.5 Å². The standard InChI is InChI=1S/C50H72FNO12/c1-45(2)19-21-50(44(59)60)22-20-48(6)29(30(50)24-45)12-13-34-47(5)17-16-35(46(3,4)33(47)15-18-49(34,48)7)64-42-37(52-36(54)14-11-27-9-8-10-28(51)23-27)40(57)39(56)32(63-42)26-62-43-41(58)38(55)31(53)25-61-43/h8-12,14,23,30-35,37-43,53,55-58H,13,15-22,24-26H2,1-7H3,(H,52,54)(H,59,60)/b14-11+/t30-,31-,32+,33-,34+,35-,37+,38-,39+,40+,41+,42-,43-,47-,48+,49+,50-/m0/s1. The van der Waals surface area contributed by atoms with E-state index in [9.17, 15) is 44.6 Å². The molecule has 2 aliphatic heterocycles. The molecule has 356 valence electrons. The van der Waals surface area contributed by atoms with Crippen LogP contribution in [0.3, 0.4) is 0 Å². The van der Waals surface area contributed by atoms with Gasteiger partial charge in [0, 0.05) is 6.08 Å². The van der Waals surface area contributed by atoms with E-state index in [-0.39, 0.29) is 40.1 Å². The molecule has 1 amide bonds. The number of carboxylic acid groups (broad SMARTS) is 1. The van der Waals surface area contributed by atoms with Crippen LogP contribution in [0.1, 0.15) is 118 Å². The van der Waals surface area contributed by atoms with Gasteiger partial charge in [-0.25, -0.2) is 4.39 Å². The van der Waals surface area contributed by atoms with E-state index in [1.165, 1.54) is 35.9 Å². The molecular weight excluding hydrogens is 826 g/mol. The molecule has 13 nitrogen and oxygen atoms in total. The quantitative estimate of drug-likeness (QED) is 0.0934. The molecule has 14 heteroatoms. The van der Waals surface area contributed by atoms with Crippen LogP contribution in [0.15, 0.2) is 42.0 Å². The predicted molar refractivity (Wildman–Crippen MR) is 233 cm³/mol. The van der Waals surface area contributed by atoms with Crippen LogP contribution < -0.4 is 5.32 Å². The normalized spacial score (nSPS) is 46.1. The van der Waals surface area contributed by atoms with Crippen molar-refractivity contribution in [2.45, 2.75) is 174 Å². The lowest BCUT2D eigenvalue weighted by molar-refractivity contribution is -0.322. The molecule has 2 saturated heterocycles. The Kier molecular flexibility index (Phi) is 12.7. The predicted octanol–water partition coefficient (Wildman–Crippen LogP) is 5.50. The maximum absolute atomic E-state index is 13.9. The fourth-order valence-electron chi connectivity index (χ4n) is 14.5. The van der Waals surface area contributed by atoms with Crippen LogP contribution in [-0.2, 0) is 28.5 Å². The number of hydrogen-bond donors (Lipinski definition) is 7. The fraction of sp³-hybridized carbons (Fsp3) is 0.760. The number of allylic oxidation sites excluding steroid dienone is 2. The molecule has 1 aromatic carbocycles. The first-order valence-corrected chi connectivity index (χ1v) is 23.6. The van der Waals surface area contributed by atoms with E-state index in [0.717, 1.165) is 51.4 Å². The van der Waals surface area contributed by atoms with E-state index in [2.05, 4.69) is 59.9 Å². The summed E-state index contributed by atoms with van der Waals surface area (Å²) in [6.45, 7) is 15.7. The van der Waals surface area contributed by atoms with Crippen LogP contribution in [0.2, 0.25) is 0 Å². The number of hydrogen-bond acceptors (Lipinski definition) is 11. The molecule has 0 unspecified atom stereocenters. The molecule has 7 aliphatic rings. The molecule has 64 heavy (non-hydrogen) atoms. The van der Waals surface area contributed by atoms with Crippen molar-refractivity contribution in [3.8, 4) is 0 Å². The van der Waals surface area contributed by atoms with Crippen LogP contribution in [0.4, 0.5) is 4.39 Å². The van der Waals surface area contributed by atoms with Crippen molar-refractivity contribution >= 4 is 18.0 Å². The van der Waals surface area contributed by atoms with Crippen molar-refractivity contribution in [3.63, 3.8) is 0 Å². The zero-order valence-electron chi connectivity index (χ0n) is 38.5. The highest BCUT2D eigenvalue weighted by atomic mass is 19.1. The van der Waals surface area contributed by atoms with Crippen LogP contribution >= 0.6 is 0 Å². The van der Waals surface area contributed by atoms with Gasteiger partial charge >= 0.3 is 5.97 Å². The molecular formula is C50H72FNO12.